The van der Waals surface area contributed by atoms with Gasteiger partial charge in [-0.15, -0.1) is 0 Å². The van der Waals surface area contributed by atoms with Crippen molar-refractivity contribution >= 4 is 66.5 Å². The maximum atomic E-state index is 11.7. The smallest absolute Gasteiger partial charge is 0.336 e. The number of rotatable bonds is 5. The molecule has 0 aliphatic rings. The zero-order valence-electron chi connectivity index (χ0n) is 19.8. The molecule has 0 radical (unpaired) electrons. The van der Waals surface area contributed by atoms with E-state index in [2.05, 4.69) is 46.9 Å². The molecule has 0 aliphatic carbocycles. The highest BCUT2D eigenvalue weighted by Gasteiger charge is 2.29. The molecule has 0 aliphatic heterocycles. The van der Waals surface area contributed by atoms with Gasteiger partial charge in [0.15, 0.2) is 17.0 Å². The molecule has 9 nitrogen and oxygen atoms in total. The Bertz CT molecular complexity index is 1120. The summed E-state index contributed by atoms with van der Waals surface area (Å²) in [6, 6.07) is 10.3. The largest absolute Gasteiger partial charge is 0.479 e. The summed E-state index contributed by atoms with van der Waals surface area (Å²) in [5.41, 5.74) is 6.64. The maximum absolute atomic E-state index is 11.7. The Morgan fingerprint density at radius 3 is 1.74 bits per heavy atom. The first-order chi connectivity index (χ1) is 16.1. The number of nitrogens with one attached hydrogen (secondary N) is 1. The van der Waals surface area contributed by atoms with Crippen LogP contribution in [0.25, 0.3) is 9.69 Å². The van der Waals surface area contributed by atoms with Crippen LogP contribution in [0.3, 0.4) is 0 Å². The molecule has 11 heteroatoms. The number of hydrogen-bond donors (Lipinski definition) is 5. The number of nitrogens with two attached hydrogens (primary N) is 1. The second kappa shape index (κ2) is 14.4. The van der Waals surface area contributed by atoms with Crippen LogP contribution < -0.4 is 11.1 Å². The third-order valence-electron chi connectivity index (χ3n) is 4.39. The van der Waals surface area contributed by atoms with Crippen molar-refractivity contribution in [2.45, 2.75) is 38.9 Å². The molecule has 188 valence electrons. The van der Waals surface area contributed by atoms with Gasteiger partial charge in [-0.2, -0.15) is 0 Å². The van der Waals surface area contributed by atoms with Gasteiger partial charge in [-0.1, -0.05) is 44.0 Å². The highest BCUT2D eigenvalue weighted by molar-refractivity contribution is 9.09. The van der Waals surface area contributed by atoms with Crippen LogP contribution in [0.2, 0.25) is 0 Å². The van der Waals surface area contributed by atoms with E-state index < -0.39 is 23.1 Å². The van der Waals surface area contributed by atoms with Gasteiger partial charge in [0.25, 0.3) is 5.91 Å². The number of amides is 1. The highest BCUT2D eigenvalue weighted by atomic mass is 79.9. The number of carbonyl (C=O) groups excluding carboxylic acids is 1. The van der Waals surface area contributed by atoms with Gasteiger partial charge in [-0.3, -0.25) is 4.79 Å². The first-order valence-electron chi connectivity index (χ1n) is 9.98. The van der Waals surface area contributed by atoms with Crippen molar-refractivity contribution in [3.63, 3.8) is 0 Å². The van der Waals surface area contributed by atoms with Gasteiger partial charge < -0.3 is 26.4 Å². The number of carbonyl (C=O) groups is 2. The minimum atomic E-state index is -1.62. The Balaban J connectivity index is 0.000000545. The predicted molar refractivity (Wildman–Crippen MR) is 144 cm³/mol. The molecular weight excluding hydrogens is 584 g/mol. The molecule has 1 amide bonds. The first kappa shape index (κ1) is 32.0. The standard InChI is InChI=1S/C12H13BrN2O2.C8H8N2.C4H7BrO3/c1-8-6-9(4-5-10(8)14-3)15-11(16)12(2,17)7-13;1-6-5-7(9)3-4-8(6)10-2;1-4(8,2-5)3(6)7/h4-6,17H,7H2,1-2H3,(H,15,16);3-5H,9H2,1H3;8H,2H2,1H3,(H,6,7)/t12-;;4-/m1.1/s1. The predicted octanol–water partition coefficient (Wildman–Crippen LogP) is 4.98. The van der Waals surface area contributed by atoms with E-state index >= 15 is 0 Å². The number of aryl methyl sites for hydroxylation is 2. The number of aliphatic hydroxyl groups is 2. The normalized spacial score (nSPS) is 13.1. The van der Waals surface area contributed by atoms with Crippen LogP contribution in [0.4, 0.5) is 22.7 Å². The molecule has 6 N–H and O–H groups in total. The summed E-state index contributed by atoms with van der Waals surface area (Å²) >= 11 is 5.91. The third kappa shape index (κ3) is 10.9. The fourth-order valence-electron chi connectivity index (χ4n) is 2.05. The number of carboxylic acids is 1. The fraction of sp³-hybridized carbons (Fsp3) is 0.333. The Labute approximate surface area is 221 Å². The number of benzene rings is 2. The number of nitrogen functional groups attached to an aromatic ring is 1. The van der Waals surface area contributed by atoms with E-state index in [0.717, 1.165) is 11.1 Å². The molecule has 0 unspecified atom stereocenters. The zero-order valence-corrected chi connectivity index (χ0v) is 22.9. The van der Waals surface area contributed by atoms with Crippen molar-refractivity contribution in [1.82, 2.24) is 0 Å². The molecule has 0 spiro atoms. The molecule has 2 atom stereocenters. The van der Waals surface area contributed by atoms with Gasteiger partial charge in [-0.25, -0.2) is 14.5 Å². The number of halogens is 2. The van der Waals surface area contributed by atoms with Gasteiger partial charge in [0.05, 0.1) is 13.1 Å². The van der Waals surface area contributed by atoms with E-state index in [1.54, 1.807) is 43.3 Å². The summed E-state index contributed by atoms with van der Waals surface area (Å²) < 4.78 is 0. The van der Waals surface area contributed by atoms with Crippen molar-refractivity contribution in [2.75, 3.05) is 21.7 Å². The minimum absolute atomic E-state index is 0.0509. The lowest BCUT2D eigenvalue weighted by Gasteiger charge is -2.19. The average Bonchev–Trinajstić information content (AvgIpc) is 2.80. The van der Waals surface area contributed by atoms with Crippen molar-refractivity contribution in [3.05, 3.63) is 70.4 Å². The molecule has 35 heavy (non-hydrogen) atoms. The van der Waals surface area contributed by atoms with Gasteiger partial charge in [0.2, 0.25) is 0 Å². The quantitative estimate of drug-likeness (QED) is 0.183. The van der Waals surface area contributed by atoms with Crippen LogP contribution in [0, 0.1) is 27.0 Å². The summed E-state index contributed by atoms with van der Waals surface area (Å²) in [5.74, 6) is -1.70. The lowest BCUT2D eigenvalue weighted by Crippen LogP contribution is -2.41. The van der Waals surface area contributed by atoms with E-state index in [9.17, 15) is 14.7 Å². The van der Waals surface area contributed by atoms with Gasteiger partial charge >= 0.3 is 5.97 Å². The highest BCUT2D eigenvalue weighted by Crippen LogP contribution is 2.23. The van der Waals surface area contributed by atoms with Crippen molar-refractivity contribution in [1.29, 1.82) is 0 Å². The Morgan fingerprint density at radius 2 is 1.40 bits per heavy atom. The minimum Gasteiger partial charge on any atom is -0.479 e. The number of hydrogen-bond acceptors (Lipinski definition) is 5. The Kier molecular flexibility index (Phi) is 13.2. The molecule has 2 aromatic carbocycles. The number of nitrogens with zero attached hydrogens (tertiary/aromatic N) is 2. The third-order valence-corrected chi connectivity index (χ3v) is 6.57. The molecule has 0 heterocycles. The van der Waals surface area contributed by atoms with Crippen LogP contribution in [0.1, 0.15) is 25.0 Å². The summed E-state index contributed by atoms with van der Waals surface area (Å²) in [5, 5.41) is 29.4. The van der Waals surface area contributed by atoms with Crippen molar-refractivity contribution in [3.8, 4) is 0 Å². The van der Waals surface area contributed by atoms with Crippen LogP contribution in [-0.4, -0.2) is 49.1 Å². The number of aliphatic carboxylic acids is 1. The van der Waals surface area contributed by atoms with Crippen molar-refractivity contribution < 1.29 is 24.9 Å². The molecule has 0 saturated carbocycles. The van der Waals surface area contributed by atoms with E-state index in [1.165, 1.54) is 13.8 Å². The van der Waals surface area contributed by atoms with Gasteiger partial charge in [0.1, 0.15) is 5.60 Å². The molecule has 2 aromatic rings. The van der Waals surface area contributed by atoms with Crippen LogP contribution in [0.15, 0.2) is 36.4 Å². The van der Waals surface area contributed by atoms with E-state index in [1.807, 2.05) is 6.92 Å². The van der Waals surface area contributed by atoms with Crippen molar-refractivity contribution in [2.24, 2.45) is 0 Å². The molecule has 0 aromatic heterocycles. The lowest BCUT2D eigenvalue weighted by molar-refractivity contribution is -0.154. The Morgan fingerprint density at radius 1 is 0.943 bits per heavy atom. The topological polar surface area (TPSA) is 142 Å². The summed E-state index contributed by atoms with van der Waals surface area (Å²) in [6.07, 6.45) is 0. The Hall–Kier alpha value is -2.96. The SMILES string of the molecule is C[C@@](O)(CBr)C(=O)O.[C-]#[N+]c1ccc(N)cc1C.[C-]#[N+]c1ccc(NC(=O)[C@](C)(O)CBr)cc1C. The summed E-state index contributed by atoms with van der Waals surface area (Å²) in [6.45, 7) is 20.0. The molecule has 0 saturated heterocycles. The number of alkyl halides is 2. The molecule has 0 fully saturated rings. The van der Waals surface area contributed by atoms with Crippen LogP contribution in [0.5, 0.6) is 0 Å². The summed E-state index contributed by atoms with van der Waals surface area (Å²) in [4.78, 5) is 28.3. The lowest BCUT2D eigenvalue weighted by atomic mass is 10.1. The number of anilines is 2. The zero-order chi connectivity index (χ0) is 27.4. The molecule has 2 rings (SSSR count). The van der Waals surface area contributed by atoms with Crippen LogP contribution >= 0.6 is 31.9 Å². The monoisotopic (exact) mass is 610 g/mol. The van der Waals surface area contributed by atoms with Gasteiger partial charge in [-0.05, 0) is 63.1 Å². The molecular formula is C24H28Br2N4O5. The van der Waals surface area contributed by atoms with E-state index in [-0.39, 0.29) is 10.7 Å². The van der Waals surface area contributed by atoms with E-state index in [0.29, 0.717) is 22.7 Å². The van der Waals surface area contributed by atoms with Crippen LogP contribution in [-0.2, 0) is 9.59 Å². The van der Waals surface area contributed by atoms with E-state index in [4.69, 9.17) is 29.1 Å². The maximum Gasteiger partial charge on any atom is 0.336 e. The van der Waals surface area contributed by atoms with Gasteiger partial charge in [0, 0.05) is 22.0 Å². The number of carboxylic acid groups (broad SMARTS) is 1. The second-order valence-corrected chi connectivity index (χ2v) is 8.97. The second-order valence-electron chi connectivity index (χ2n) is 7.85. The fourth-order valence-corrected chi connectivity index (χ4v) is 2.54. The summed E-state index contributed by atoms with van der Waals surface area (Å²) in [7, 11) is 0. The molecule has 0 bridgehead atoms. The first-order valence-corrected chi connectivity index (χ1v) is 12.2. The average molecular weight is 612 g/mol.